The SMILES string of the molecule is O=C(c1csnn1)N1CCC(NCC2CC2)CC1. The Balaban J connectivity index is 1.45. The summed E-state index contributed by atoms with van der Waals surface area (Å²) in [6.07, 6.45) is 4.88. The van der Waals surface area contributed by atoms with Crippen LogP contribution >= 0.6 is 11.5 Å². The van der Waals surface area contributed by atoms with Gasteiger partial charge in [0.1, 0.15) is 0 Å². The summed E-state index contributed by atoms with van der Waals surface area (Å²) in [5.41, 5.74) is 0.490. The van der Waals surface area contributed by atoms with Crippen LogP contribution in [0.25, 0.3) is 0 Å². The summed E-state index contributed by atoms with van der Waals surface area (Å²) in [4.78, 5) is 13.9. The fraction of sp³-hybridized carbons (Fsp3) is 0.750. The quantitative estimate of drug-likeness (QED) is 0.888. The van der Waals surface area contributed by atoms with E-state index in [1.165, 1.54) is 24.4 Å². The number of piperidine rings is 1. The van der Waals surface area contributed by atoms with Crippen LogP contribution in [0.5, 0.6) is 0 Å². The Hall–Kier alpha value is -1.01. The number of carbonyl (C=O) groups excluding carboxylic acids is 1. The van der Waals surface area contributed by atoms with Gasteiger partial charge >= 0.3 is 0 Å². The summed E-state index contributed by atoms with van der Waals surface area (Å²) < 4.78 is 3.74. The van der Waals surface area contributed by atoms with Crippen LogP contribution in [0.2, 0.25) is 0 Å². The topological polar surface area (TPSA) is 58.1 Å². The summed E-state index contributed by atoms with van der Waals surface area (Å²) in [5.74, 6) is 0.954. The van der Waals surface area contributed by atoms with Gasteiger partial charge in [-0.15, -0.1) is 5.10 Å². The van der Waals surface area contributed by atoms with Gasteiger partial charge in [0.2, 0.25) is 0 Å². The standard InChI is InChI=1S/C12H18N4OS/c17-12(11-8-18-15-14-11)16-5-3-10(4-6-16)13-7-9-1-2-9/h8-10,13H,1-7H2. The highest BCUT2D eigenvalue weighted by Gasteiger charge is 2.26. The van der Waals surface area contributed by atoms with Crippen molar-refractivity contribution in [1.82, 2.24) is 19.8 Å². The van der Waals surface area contributed by atoms with Crippen LogP contribution in [0.3, 0.4) is 0 Å². The molecule has 18 heavy (non-hydrogen) atoms. The maximum absolute atomic E-state index is 12.1. The summed E-state index contributed by atoms with van der Waals surface area (Å²) in [6, 6.07) is 0.586. The van der Waals surface area contributed by atoms with E-state index in [4.69, 9.17) is 0 Å². The molecule has 3 rings (SSSR count). The van der Waals surface area contributed by atoms with Crippen molar-refractivity contribution in [3.05, 3.63) is 11.1 Å². The summed E-state index contributed by atoms with van der Waals surface area (Å²) in [6.45, 7) is 2.83. The number of hydrogen-bond acceptors (Lipinski definition) is 5. The third-order valence-corrected chi connectivity index (χ3v) is 4.26. The largest absolute Gasteiger partial charge is 0.337 e. The molecule has 1 saturated heterocycles. The maximum Gasteiger partial charge on any atom is 0.275 e. The molecule has 2 fully saturated rings. The molecule has 0 atom stereocenters. The van der Waals surface area contributed by atoms with E-state index in [1.807, 2.05) is 4.90 Å². The van der Waals surface area contributed by atoms with Crippen LogP contribution in [-0.4, -0.2) is 46.1 Å². The highest BCUT2D eigenvalue weighted by molar-refractivity contribution is 7.03. The number of rotatable bonds is 4. The van der Waals surface area contributed by atoms with Crippen molar-refractivity contribution < 1.29 is 4.79 Å². The molecule has 1 aromatic heterocycles. The van der Waals surface area contributed by atoms with Gasteiger partial charge in [-0.25, -0.2) is 0 Å². The highest BCUT2D eigenvalue weighted by atomic mass is 32.1. The molecule has 0 bridgehead atoms. The second kappa shape index (κ2) is 5.32. The van der Waals surface area contributed by atoms with Crippen molar-refractivity contribution in [3.8, 4) is 0 Å². The molecular weight excluding hydrogens is 248 g/mol. The average Bonchev–Trinajstić information content (AvgIpc) is 3.08. The number of nitrogens with one attached hydrogen (secondary N) is 1. The number of carbonyl (C=O) groups is 1. The van der Waals surface area contributed by atoms with E-state index in [1.54, 1.807) is 5.38 Å². The molecule has 0 radical (unpaired) electrons. The first kappa shape index (κ1) is 12.0. The molecule has 0 aromatic carbocycles. The van der Waals surface area contributed by atoms with Crippen molar-refractivity contribution >= 4 is 17.4 Å². The van der Waals surface area contributed by atoms with Gasteiger partial charge in [-0.1, -0.05) is 4.49 Å². The Bertz CT molecular complexity index is 396. The van der Waals surface area contributed by atoms with Gasteiger partial charge in [0.25, 0.3) is 5.91 Å². The predicted molar refractivity (Wildman–Crippen MR) is 69.6 cm³/mol. The lowest BCUT2D eigenvalue weighted by Crippen LogP contribution is -2.45. The minimum Gasteiger partial charge on any atom is -0.337 e. The molecule has 98 valence electrons. The molecule has 1 N–H and O–H groups in total. The van der Waals surface area contributed by atoms with Gasteiger partial charge in [0, 0.05) is 24.5 Å². The second-order valence-electron chi connectivity index (χ2n) is 5.21. The monoisotopic (exact) mass is 266 g/mol. The van der Waals surface area contributed by atoms with Gasteiger partial charge in [-0.05, 0) is 49.7 Å². The molecule has 2 heterocycles. The second-order valence-corrected chi connectivity index (χ2v) is 5.82. The zero-order chi connectivity index (χ0) is 12.4. The molecular formula is C12H18N4OS. The normalized spacial score (nSPS) is 21.2. The molecule has 2 aliphatic rings. The summed E-state index contributed by atoms with van der Waals surface area (Å²) >= 11 is 1.23. The Morgan fingerprint density at radius 3 is 2.78 bits per heavy atom. The third-order valence-electron chi connectivity index (χ3n) is 3.75. The van der Waals surface area contributed by atoms with E-state index in [-0.39, 0.29) is 5.91 Å². The van der Waals surface area contributed by atoms with Crippen LogP contribution in [0, 0.1) is 5.92 Å². The van der Waals surface area contributed by atoms with Crippen molar-refractivity contribution in [2.45, 2.75) is 31.7 Å². The van der Waals surface area contributed by atoms with E-state index >= 15 is 0 Å². The number of likely N-dealkylation sites (tertiary alicyclic amines) is 1. The van der Waals surface area contributed by atoms with Crippen LogP contribution < -0.4 is 5.32 Å². The Kier molecular flexibility index (Phi) is 3.56. The van der Waals surface area contributed by atoms with E-state index in [2.05, 4.69) is 14.9 Å². The van der Waals surface area contributed by atoms with Crippen LogP contribution in [-0.2, 0) is 0 Å². The molecule has 1 aliphatic carbocycles. The molecule has 5 nitrogen and oxygen atoms in total. The van der Waals surface area contributed by atoms with Crippen LogP contribution in [0.15, 0.2) is 5.38 Å². The van der Waals surface area contributed by atoms with Crippen molar-refractivity contribution in [1.29, 1.82) is 0 Å². The number of hydrogen-bond donors (Lipinski definition) is 1. The first-order valence-electron chi connectivity index (χ1n) is 6.62. The third kappa shape index (κ3) is 2.87. The minimum absolute atomic E-state index is 0.0318. The molecule has 6 heteroatoms. The summed E-state index contributed by atoms with van der Waals surface area (Å²) in [7, 11) is 0. The molecule has 0 unspecified atom stereocenters. The zero-order valence-corrected chi connectivity index (χ0v) is 11.2. The molecule has 0 spiro atoms. The predicted octanol–water partition coefficient (Wildman–Crippen LogP) is 1.14. The van der Waals surface area contributed by atoms with Gasteiger partial charge < -0.3 is 10.2 Å². The van der Waals surface area contributed by atoms with Gasteiger partial charge in [-0.2, -0.15) is 0 Å². The fourth-order valence-electron chi connectivity index (χ4n) is 2.36. The van der Waals surface area contributed by atoms with Gasteiger partial charge in [0.05, 0.1) is 0 Å². The first-order chi connectivity index (χ1) is 8.83. The maximum atomic E-state index is 12.1. The molecule has 1 aliphatic heterocycles. The van der Waals surface area contributed by atoms with E-state index < -0.39 is 0 Å². The lowest BCUT2D eigenvalue weighted by Gasteiger charge is -2.32. The van der Waals surface area contributed by atoms with Gasteiger partial charge in [0.15, 0.2) is 5.69 Å². The lowest BCUT2D eigenvalue weighted by molar-refractivity contribution is 0.0699. The Labute approximate surface area is 111 Å². The Morgan fingerprint density at radius 2 is 2.17 bits per heavy atom. The lowest BCUT2D eigenvalue weighted by atomic mass is 10.0. The number of aromatic nitrogens is 2. The van der Waals surface area contributed by atoms with E-state index in [9.17, 15) is 4.79 Å². The molecule has 1 saturated carbocycles. The number of nitrogens with zero attached hydrogens (tertiary/aromatic N) is 3. The fourth-order valence-corrected chi connectivity index (χ4v) is 2.79. The number of amides is 1. The van der Waals surface area contributed by atoms with Gasteiger partial charge in [-0.3, -0.25) is 4.79 Å². The van der Waals surface area contributed by atoms with E-state index in [0.29, 0.717) is 11.7 Å². The smallest absolute Gasteiger partial charge is 0.275 e. The molecule has 1 aromatic rings. The van der Waals surface area contributed by atoms with Crippen LogP contribution in [0.1, 0.15) is 36.2 Å². The molecule has 1 amide bonds. The van der Waals surface area contributed by atoms with Crippen LogP contribution in [0.4, 0.5) is 0 Å². The first-order valence-corrected chi connectivity index (χ1v) is 7.46. The Morgan fingerprint density at radius 1 is 1.39 bits per heavy atom. The summed E-state index contributed by atoms with van der Waals surface area (Å²) in [5, 5.41) is 9.18. The minimum atomic E-state index is 0.0318. The average molecular weight is 266 g/mol. The van der Waals surface area contributed by atoms with E-state index in [0.717, 1.165) is 38.4 Å². The zero-order valence-electron chi connectivity index (χ0n) is 10.3. The van der Waals surface area contributed by atoms with Crippen molar-refractivity contribution in [3.63, 3.8) is 0 Å². The van der Waals surface area contributed by atoms with Crippen molar-refractivity contribution in [2.24, 2.45) is 5.92 Å². The highest BCUT2D eigenvalue weighted by Crippen LogP contribution is 2.28. The van der Waals surface area contributed by atoms with Crippen molar-refractivity contribution in [2.75, 3.05) is 19.6 Å².